The first-order chi connectivity index (χ1) is 6.29. The Morgan fingerprint density at radius 3 is 2.21 bits per heavy atom. The minimum Gasteiger partial charge on any atom is -0.229 e. The highest BCUT2D eigenvalue weighted by Crippen LogP contribution is 2.29. The van der Waals surface area contributed by atoms with Crippen LogP contribution in [-0.2, 0) is 20.0 Å². The van der Waals surface area contributed by atoms with Gasteiger partial charge >= 0.3 is 0 Å². The van der Waals surface area contributed by atoms with Crippen molar-refractivity contribution in [1.29, 1.82) is 0 Å². The van der Waals surface area contributed by atoms with E-state index in [-0.39, 0.29) is 24.0 Å². The highest BCUT2D eigenvalue weighted by Gasteiger charge is 2.27. The molecular formula is C6H14N2O4S2. The first-order valence-electron chi connectivity index (χ1n) is 4.26. The maximum Gasteiger partial charge on any atom is 0.211 e. The fraction of sp³-hybridized carbons (Fsp3) is 1.00. The second-order valence-corrected chi connectivity index (χ2v) is 7.07. The Hall–Kier alpha value is -0.180. The Morgan fingerprint density at radius 1 is 1.21 bits per heavy atom. The molecule has 1 fully saturated rings. The van der Waals surface area contributed by atoms with Crippen LogP contribution >= 0.6 is 0 Å². The lowest BCUT2D eigenvalue weighted by Gasteiger charge is -2.04. The fourth-order valence-electron chi connectivity index (χ4n) is 0.993. The molecule has 1 saturated carbocycles. The summed E-state index contributed by atoms with van der Waals surface area (Å²) in [6.07, 6.45) is 1.88. The summed E-state index contributed by atoms with van der Waals surface area (Å²) >= 11 is 0. The second kappa shape index (κ2) is 4.13. The topological polar surface area (TPSA) is 106 Å². The second-order valence-electron chi connectivity index (χ2n) is 3.49. The zero-order valence-electron chi connectivity index (χ0n) is 7.64. The first-order valence-corrected chi connectivity index (χ1v) is 7.63. The van der Waals surface area contributed by atoms with Crippen LogP contribution in [0.1, 0.15) is 12.8 Å². The van der Waals surface area contributed by atoms with E-state index in [1.165, 1.54) is 0 Å². The number of hydrogen-bond acceptors (Lipinski definition) is 4. The molecule has 84 valence electrons. The molecule has 0 unspecified atom stereocenters. The van der Waals surface area contributed by atoms with Crippen LogP contribution in [0.4, 0.5) is 0 Å². The third kappa shape index (κ3) is 5.53. The molecule has 0 saturated heterocycles. The summed E-state index contributed by atoms with van der Waals surface area (Å²) in [4.78, 5) is 0. The van der Waals surface area contributed by atoms with E-state index in [0.717, 1.165) is 12.8 Å². The molecule has 0 bridgehead atoms. The molecule has 0 radical (unpaired) electrons. The van der Waals surface area contributed by atoms with Gasteiger partial charge in [0.25, 0.3) is 0 Å². The summed E-state index contributed by atoms with van der Waals surface area (Å²) in [6.45, 7) is -0.145. The van der Waals surface area contributed by atoms with E-state index in [9.17, 15) is 16.8 Å². The van der Waals surface area contributed by atoms with E-state index in [1.54, 1.807) is 0 Å². The van der Waals surface area contributed by atoms with Gasteiger partial charge in [0.1, 0.15) is 0 Å². The summed E-state index contributed by atoms with van der Waals surface area (Å²) in [5.74, 6) is -0.0175. The Balaban J connectivity index is 2.29. The van der Waals surface area contributed by atoms with Crippen molar-refractivity contribution in [3.63, 3.8) is 0 Å². The van der Waals surface area contributed by atoms with Crippen LogP contribution in [0, 0.1) is 5.92 Å². The van der Waals surface area contributed by atoms with E-state index >= 15 is 0 Å². The van der Waals surface area contributed by atoms with Gasteiger partial charge in [-0.1, -0.05) is 0 Å². The molecule has 0 amide bonds. The molecule has 0 aromatic carbocycles. The molecule has 0 spiro atoms. The van der Waals surface area contributed by atoms with Gasteiger partial charge in [0.15, 0.2) is 0 Å². The highest BCUT2D eigenvalue weighted by atomic mass is 32.2. The molecule has 1 aliphatic rings. The van der Waals surface area contributed by atoms with Crippen molar-refractivity contribution in [2.24, 2.45) is 11.1 Å². The summed E-state index contributed by atoms with van der Waals surface area (Å²) < 4.78 is 45.6. The zero-order valence-corrected chi connectivity index (χ0v) is 9.27. The number of rotatable bonds is 6. The fourth-order valence-corrected chi connectivity index (χ4v) is 2.99. The van der Waals surface area contributed by atoms with Gasteiger partial charge in [-0.2, -0.15) is 0 Å². The average Bonchev–Trinajstić information content (AvgIpc) is 2.66. The first kappa shape index (κ1) is 11.9. The van der Waals surface area contributed by atoms with Crippen LogP contribution in [-0.4, -0.2) is 34.9 Å². The Bertz CT molecular complexity index is 382. The van der Waals surface area contributed by atoms with Gasteiger partial charge in [-0.25, -0.2) is 26.7 Å². The van der Waals surface area contributed by atoms with Crippen molar-refractivity contribution in [2.75, 3.05) is 18.1 Å². The van der Waals surface area contributed by atoms with E-state index in [4.69, 9.17) is 5.14 Å². The van der Waals surface area contributed by atoms with Gasteiger partial charge in [0.2, 0.25) is 20.0 Å². The number of sulfonamides is 2. The Kier molecular flexibility index (Phi) is 3.51. The highest BCUT2D eigenvalue weighted by molar-refractivity contribution is 7.90. The molecule has 0 aliphatic heterocycles. The van der Waals surface area contributed by atoms with Crippen molar-refractivity contribution in [1.82, 2.24) is 4.72 Å². The van der Waals surface area contributed by atoms with E-state index in [0.29, 0.717) is 0 Å². The quantitative estimate of drug-likeness (QED) is 0.597. The third-order valence-electron chi connectivity index (χ3n) is 1.86. The van der Waals surface area contributed by atoms with E-state index in [2.05, 4.69) is 4.72 Å². The van der Waals surface area contributed by atoms with Crippen LogP contribution in [0.25, 0.3) is 0 Å². The van der Waals surface area contributed by atoms with Crippen LogP contribution in [0.3, 0.4) is 0 Å². The standard InChI is InChI=1S/C6H14N2O4S2/c7-13(9,10)4-3-8-14(11,12)5-6-1-2-6/h6,8H,1-5H2,(H2,7,9,10). The monoisotopic (exact) mass is 242 g/mol. The van der Waals surface area contributed by atoms with Crippen molar-refractivity contribution in [2.45, 2.75) is 12.8 Å². The van der Waals surface area contributed by atoms with Gasteiger partial charge in [-0.15, -0.1) is 0 Å². The molecule has 3 N–H and O–H groups in total. The summed E-state index contributed by atoms with van der Waals surface area (Å²) in [5.41, 5.74) is 0. The Morgan fingerprint density at radius 2 is 1.79 bits per heavy atom. The van der Waals surface area contributed by atoms with Gasteiger partial charge < -0.3 is 0 Å². The van der Waals surface area contributed by atoms with E-state index < -0.39 is 20.0 Å². The maximum absolute atomic E-state index is 11.2. The molecule has 0 atom stereocenters. The number of nitrogens with one attached hydrogen (secondary N) is 1. The van der Waals surface area contributed by atoms with E-state index in [1.807, 2.05) is 0 Å². The van der Waals surface area contributed by atoms with Crippen LogP contribution in [0.15, 0.2) is 0 Å². The van der Waals surface area contributed by atoms with Gasteiger partial charge in [-0.05, 0) is 18.8 Å². The van der Waals surface area contributed by atoms with Crippen LogP contribution in [0.2, 0.25) is 0 Å². The average molecular weight is 242 g/mol. The molecule has 0 aromatic heterocycles. The van der Waals surface area contributed by atoms with Crippen molar-refractivity contribution < 1.29 is 16.8 Å². The van der Waals surface area contributed by atoms with Crippen molar-refractivity contribution in [3.8, 4) is 0 Å². The molecule has 1 aliphatic carbocycles. The molecule has 0 heterocycles. The van der Waals surface area contributed by atoms with Crippen molar-refractivity contribution >= 4 is 20.0 Å². The lowest BCUT2D eigenvalue weighted by atomic mass is 10.5. The summed E-state index contributed by atoms with van der Waals surface area (Å²) in [6, 6.07) is 0. The lowest BCUT2D eigenvalue weighted by Crippen LogP contribution is -2.33. The molecular weight excluding hydrogens is 228 g/mol. The predicted octanol–water partition coefficient (Wildman–Crippen LogP) is -1.40. The largest absolute Gasteiger partial charge is 0.229 e. The molecule has 8 heteroatoms. The predicted molar refractivity (Wildman–Crippen MR) is 52.5 cm³/mol. The molecule has 1 rings (SSSR count). The molecule has 6 nitrogen and oxygen atoms in total. The van der Waals surface area contributed by atoms with Crippen molar-refractivity contribution in [3.05, 3.63) is 0 Å². The third-order valence-corrected chi connectivity index (χ3v) is 4.19. The minimum absolute atomic E-state index is 0.0949. The normalized spacial score (nSPS) is 18.4. The van der Waals surface area contributed by atoms with Gasteiger partial charge in [0.05, 0.1) is 11.5 Å². The smallest absolute Gasteiger partial charge is 0.211 e. The minimum atomic E-state index is -3.59. The lowest BCUT2D eigenvalue weighted by molar-refractivity contribution is 0.578. The van der Waals surface area contributed by atoms with Gasteiger partial charge in [0, 0.05) is 6.54 Å². The summed E-state index contributed by atoms with van der Waals surface area (Å²) in [7, 11) is -6.90. The molecule has 14 heavy (non-hydrogen) atoms. The van der Waals surface area contributed by atoms with Gasteiger partial charge in [-0.3, -0.25) is 0 Å². The number of primary sulfonamides is 1. The SMILES string of the molecule is NS(=O)(=O)CCNS(=O)(=O)CC1CC1. The summed E-state index contributed by atoms with van der Waals surface area (Å²) in [5, 5.41) is 4.72. The number of hydrogen-bond donors (Lipinski definition) is 2. The van der Waals surface area contributed by atoms with Crippen LogP contribution < -0.4 is 9.86 Å². The number of nitrogens with two attached hydrogens (primary N) is 1. The zero-order chi connectivity index (χ0) is 10.8. The Labute approximate surface area is 84.0 Å². The maximum atomic E-state index is 11.2. The van der Waals surface area contributed by atoms with Crippen LogP contribution in [0.5, 0.6) is 0 Å². The molecule has 0 aromatic rings.